The van der Waals surface area contributed by atoms with Crippen LogP contribution in [0.5, 0.6) is 5.75 Å². The second-order valence-corrected chi connectivity index (χ2v) is 8.15. The summed E-state index contributed by atoms with van der Waals surface area (Å²) in [5, 5.41) is 20.1. The lowest BCUT2D eigenvalue weighted by Gasteiger charge is -2.21. The van der Waals surface area contributed by atoms with Gasteiger partial charge < -0.3 is 20.5 Å². The van der Waals surface area contributed by atoms with Crippen LogP contribution in [0, 0.1) is 0 Å². The quantitative estimate of drug-likeness (QED) is 0.188. The van der Waals surface area contributed by atoms with Crippen molar-refractivity contribution >= 4 is 46.1 Å². The van der Waals surface area contributed by atoms with Crippen LogP contribution >= 0.6 is 11.9 Å². The predicted molar refractivity (Wildman–Crippen MR) is 137 cm³/mol. The molecule has 0 saturated heterocycles. The zero-order chi connectivity index (χ0) is 24.1. The number of carbonyl (C=O) groups excluding carboxylic acids is 1. The predicted octanol–water partition coefficient (Wildman–Crippen LogP) is 4.20. The van der Waals surface area contributed by atoms with E-state index < -0.39 is 5.91 Å². The average molecular weight is 474 g/mol. The maximum absolute atomic E-state index is 11.6. The van der Waals surface area contributed by atoms with Crippen molar-refractivity contribution in [2.24, 2.45) is 0 Å². The number of hydrogen-bond acceptors (Lipinski definition) is 8. The number of nitrogen functional groups attached to an aromatic ring is 1. The maximum Gasteiger partial charge on any atom is 0.247 e. The molecule has 0 saturated carbocycles. The normalized spacial score (nSPS) is 10.7. The van der Waals surface area contributed by atoms with E-state index in [1.165, 1.54) is 24.3 Å². The molecule has 0 unspecified atom stereocenters. The van der Waals surface area contributed by atoms with Gasteiger partial charge in [-0.1, -0.05) is 37.4 Å². The van der Waals surface area contributed by atoms with E-state index in [1.807, 2.05) is 30.3 Å². The molecular weight excluding hydrogens is 450 g/mol. The van der Waals surface area contributed by atoms with Crippen molar-refractivity contribution in [3.8, 4) is 17.0 Å². The van der Waals surface area contributed by atoms with Gasteiger partial charge in [-0.05, 0) is 47.7 Å². The molecule has 0 bridgehead atoms. The topological polar surface area (TPSA) is 122 Å². The molecule has 0 fully saturated rings. The second kappa shape index (κ2) is 10.1. The highest BCUT2D eigenvalue weighted by molar-refractivity contribution is 8.03. The third kappa shape index (κ3) is 4.71. The van der Waals surface area contributed by atoms with Gasteiger partial charge in [-0.3, -0.25) is 4.79 Å². The summed E-state index contributed by atoms with van der Waals surface area (Å²) in [5.41, 5.74) is 9.23. The Balaban J connectivity index is 1.69. The molecule has 4 aromatic rings. The summed E-state index contributed by atoms with van der Waals surface area (Å²) < 4.78 is 3.88. The Bertz CT molecular complexity index is 1350. The molecule has 1 amide bonds. The number of anilines is 3. The Kier molecular flexibility index (Phi) is 6.79. The number of phenols is 1. The van der Waals surface area contributed by atoms with Crippen molar-refractivity contribution in [2.75, 3.05) is 21.9 Å². The van der Waals surface area contributed by atoms with Crippen LogP contribution < -0.4 is 15.4 Å². The van der Waals surface area contributed by atoms with Crippen LogP contribution in [-0.4, -0.2) is 37.3 Å². The number of aromatic hydroxyl groups is 1. The van der Waals surface area contributed by atoms with Gasteiger partial charge in [0.1, 0.15) is 23.6 Å². The van der Waals surface area contributed by atoms with Crippen molar-refractivity contribution in [3.63, 3.8) is 0 Å². The number of carbonyl (C=O) groups is 1. The van der Waals surface area contributed by atoms with E-state index in [4.69, 9.17) is 10.8 Å². The van der Waals surface area contributed by atoms with E-state index in [1.54, 1.807) is 22.2 Å². The van der Waals surface area contributed by atoms with Crippen molar-refractivity contribution in [3.05, 3.63) is 79.5 Å². The molecule has 0 aliphatic rings. The number of aromatic nitrogens is 4. The number of nitrogens with one attached hydrogen (secondary N) is 1. The second-order valence-electron chi connectivity index (χ2n) is 7.16. The monoisotopic (exact) mass is 473 g/mol. The van der Waals surface area contributed by atoms with E-state index in [0.717, 1.165) is 11.8 Å². The van der Waals surface area contributed by atoms with Gasteiger partial charge in [0.2, 0.25) is 5.91 Å². The van der Waals surface area contributed by atoms with Crippen molar-refractivity contribution in [2.45, 2.75) is 6.54 Å². The summed E-state index contributed by atoms with van der Waals surface area (Å²) in [7, 11) is 0. The van der Waals surface area contributed by atoms with Crippen LogP contribution in [0.1, 0.15) is 0 Å². The fourth-order valence-electron chi connectivity index (χ4n) is 3.47. The Morgan fingerprint density at radius 2 is 2.00 bits per heavy atom. The lowest BCUT2D eigenvalue weighted by molar-refractivity contribution is -0.111. The fourth-order valence-corrected chi connectivity index (χ4v) is 4.08. The first-order chi connectivity index (χ1) is 16.5. The largest absolute Gasteiger partial charge is 0.506 e. The van der Waals surface area contributed by atoms with Crippen molar-refractivity contribution in [1.82, 2.24) is 19.7 Å². The highest BCUT2D eigenvalue weighted by atomic mass is 32.2. The van der Waals surface area contributed by atoms with E-state index in [2.05, 4.69) is 32.7 Å². The van der Waals surface area contributed by atoms with E-state index in [9.17, 15) is 9.90 Å². The summed E-state index contributed by atoms with van der Waals surface area (Å²) in [6.45, 7) is 8.39. The van der Waals surface area contributed by atoms with E-state index >= 15 is 0 Å². The Hall–Kier alpha value is -4.31. The number of nitrogens with two attached hydrogens (primary N) is 1. The molecule has 0 aliphatic carbocycles. The molecule has 0 spiro atoms. The number of para-hydroxylation sites is 1. The molecule has 2 heterocycles. The van der Waals surface area contributed by atoms with Crippen LogP contribution in [0.2, 0.25) is 0 Å². The number of benzene rings is 2. The van der Waals surface area contributed by atoms with Gasteiger partial charge in [0.25, 0.3) is 0 Å². The number of phenolic OH excluding ortho intramolecular Hbond substituents is 1. The SMILES string of the molecule is C=CSN(CCn1nc(-c2ccc(NC(=O)C=C)c(O)c2)c2c(N)ncnc21)c1ccccc1. The highest BCUT2D eigenvalue weighted by Crippen LogP contribution is 2.34. The summed E-state index contributed by atoms with van der Waals surface area (Å²) >= 11 is 1.49. The smallest absolute Gasteiger partial charge is 0.247 e. The minimum atomic E-state index is -0.421. The van der Waals surface area contributed by atoms with Gasteiger partial charge in [-0.25, -0.2) is 14.6 Å². The number of fused-ring (bicyclic) bond motifs is 1. The maximum atomic E-state index is 11.6. The fraction of sp³-hybridized carbons (Fsp3) is 0.0833. The van der Waals surface area contributed by atoms with Crippen LogP contribution in [0.4, 0.5) is 17.2 Å². The van der Waals surface area contributed by atoms with E-state index in [-0.39, 0.29) is 17.3 Å². The summed E-state index contributed by atoms with van der Waals surface area (Å²) in [5.74, 6) is -0.241. The molecule has 172 valence electrons. The number of rotatable bonds is 9. The zero-order valence-corrected chi connectivity index (χ0v) is 19.1. The van der Waals surface area contributed by atoms with Crippen molar-refractivity contribution < 1.29 is 9.90 Å². The third-order valence-corrected chi connectivity index (χ3v) is 5.83. The van der Waals surface area contributed by atoms with E-state index in [0.29, 0.717) is 35.4 Å². The van der Waals surface area contributed by atoms with Gasteiger partial charge >= 0.3 is 0 Å². The van der Waals surface area contributed by atoms with Crippen LogP contribution in [-0.2, 0) is 11.3 Å². The molecule has 10 heteroatoms. The molecule has 0 radical (unpaired) electrons. The van der Waals surface area contributed by atoms with Crippen LogP contribution in [0.3, 0.4) is 0 Å². The van der Waals surface area contributed by atoms with Crippen LogP contribution in [0.25, 0.3) is 22.3 Å². The van der Waals surface area contributed by atoms with Crippen molar-refractivity contribution in [1.29, 1.82) is 0 Å². The lowest BCUT2D eigenvalue weighted by atomic mass is 10.1. The number of hydrogen-bond donors (Lipinski definition) is 3. The summed E-state index contributed by atoms with van der Waals surface area (Å²) in [6, 6.07) is 14.8. The molecule has 4 N–H and O–H groups in total. The first-order valence-corrected chi connectivity index (χ1v) is 11.2. The van der Waals surface area contributed by atoms with Gasteiger partial charge in [-0.2, -0.15) is 5.10 Å². The molecular formula is C24H23N7O2S. The Morgan fingerprint density at radius 3 is 2.71 bits per heavy atom. The van der Waals surface area contributed by atoms with Gasteiger partial charge in [0.15, 0.2) is 5.65 Å². The first kappa shape index (κ1) is 22.9. The molecule has 0 atom stereocenters. The third-order valence-electron chi connectivity index (χ3n) is 5.03. The average Bonchev–Trinajstić information content (AvgIpc) is 3.23. The van der Waals surface area contributed by atoms with Gasteiger partial charge in [-0.15, -0.1) is 0 Å². The minimum Gasteiger partial charge on any atom is -0.506 e. The van der Waals surface area contributed by atoms with Crippen LogP contribution in [0.15, 0.2) is 79.5 Å². The minimum absolute atomic E-state index is 0.108. The molecule has 4 rings (SSSR count). The van der Waals surface area contributed by atoms with Gasteiger partial charge in [0, 0.05) is 17.8 Å². The molecule has 9 nitrogen and oxygen atoms in total. The lowest BCUT2D eigenvalue weighted by Crippen LogP contribution is -2.20. The highest BCUT2D eigenvalue weighted by Gasteiger charge is 2.19. The standard InChI is InChI=1S/C24H23N7O2S/c1-3-20(33)28-18-11-10-16(14-19(18)32)22-21-23(25)26-15-27-24(21)30(29-22)12-13-31(34-4-2)17-8-6-5-7-9-17/h3-11,14-15,32H,1-2,12-13H2,(H,28,33)(H2,25,26,27). The zero-order valence-electron chi connectivity index (χ0n) is 18.3. The molecule has 2 aromatic heterocycles. The Labute approximate surface area is 200 Å². The summed E-state index contributed by atoms with van der Waals surface area (Å²) in [6.07, 6.45) is 2.53. The molecule has 2 aromatic carbocycles. The number of nitrogens with zero attached hydrogens (tertiary/aromatic N) is 5. The number of amides is 1. The molecule has 34 heavy (non-hydrogen) atoms. The Morgan fingerprint density at radius 1 is 1.21 bits per heavy atom. The molecule has 0 aliphatic heterocycles. The van der Waals surface area contributed by atoms with Gasteiger partial charge in [0.05, 0.1) is 17.6 Å². The first-order valence-electron chi connectivity index (χ1n) is 10.4. The summed E-state index contributed by atoms with van der Waals surface area (Å²) in [4.78, 5) is 20.1.